The van der Waals surface area contributed by atoms with Crippen LogP contribution in [0.5, 0.6) is 0 Å². The van der Waals surface area contributed by atoms with Gasteiger partial charge in [-0.1, -0.05) is 30.3 Å². The molecule has 0 fully saturated rings. The van der Waals surface area contributed by atoms with E-state index in [0.717, 1.165) is 5.56 Å². The highest BCUT2D eigenvalue weighted by Crippen LogP contribution is 2.29. The number of halogens is 1. The quantitative estimate of drug-likeness (QED) is 0.523. The minimum Gasteiger partial charge on any atom is -0.444 e. The number of ether oxygens (including phenoxy) is 3. The summed E-state index contributed by atoms with van der Waals surface area (Å²) < 4.78 is 28.8. The molecule has 2 N–H and O–H groups in total. The normalized spacial score (nSPS) is 11.9. The second-order valence-electron chi connectivity index (χ2n) is 6.61. The Morgan fingerprint density at radius 2 is 1.71 bits per heavy atom. The van der Waals surface area contributed by atoms with Gasteiger partial charge in [0.15, 0.2) is 6.29 Å². The van der Waals surface area contributed by atoms with Crippen molar-refractivity contribution in [2.75, 3.05) is 19.5 Å². The number of carbonyl (C=O) groups is 1. The van der Waals surface area contributed by atoms with E-state index in [4.69, 9.17) is 14.2 Å². The van der Waals surface area contributed by atoms with E-state index in [1.807, 2.05) is 30.3 Å². The van der Waals surface area contributed by atoms with Gasteiger partial charge in [0.1, 0.15) is 18.5 Å². The minimum absolute atomic E-state index is 0.0877. The van der Waals surface area contributed by atoms with Crippen LogP contribution in [-0.2, 0) is 20.8 Å². The molecule has 1 amide bonds. The highest BCUT2D eigenvalue weighted by Gasteiger charge is 2.26. The summed E-state index contributed by atoms with van der Waals surface area (Å²) in [6.07, 6.45) is -3.03. The molecule has 31 heavy (non-hydrogen) atoms. The van der Waals surface area contributed by atoms with Gasteiger partial charge in [-0.05, 0) is 42.0 Å². The summed E-state index contributed by atoms with van der Waals surface area (Å²) in [4.78, 5) is 16.8. The lowest BCUT2D eigenvalue weighted by molar-refractivity contribution is -0.167. The maximum atomic E-state index is 13.3. The van der Waals surface area contributed by atoms with E-state index >= 15 is 0 Å². The largest absolute Gasteiger partial charge is 0.444 e. The molecule has 1 atom stereocenters. The third-order valence-corrected chi connectivity index (χ3v) is 4.52. The predicted molar refractivity (Wildman–Crippen MR) is 113 cm³/mol. The number of nitrogens with zero attached hydrogens (tertiary/aromatic N) is 1. The van der Waals surface area contributed by atoms with Crippen molar-refractivity contribution >= 4 is 11.8 Å². The number of methoxy groups -OCH3 is 2. The molecular formula is C23H23FN2O5. The third kappa shape index (κ3) is 5.85. The predicted octanol–water partition coefficient (Wildman–Crippen LogP) is 4.29. The number of rotatable bonds is 8. The number of hydrogen-bond donors (Lipinski definition) is 2. The first-order valence-corrected chi connectivity index (χ1v) is 9.50. The average Bonchev–Trinajstić information content (AvgIpc) is 2.80. The minimum atomic E-state index is -1.31. The van der Waals surface area contributed by atoms with Gasteiger partial charge in [-0.2, -0.15) is 0 Å². The Morgan fingerprint density at radius 1 is 1.03 bits per heavy atom. The Balaban J connectivity index is 1.85. The molecule has 8 heteroatoms. The first-order valence-electron chi connectivity index (χ1n) is 9.50. The Bertz CT molecular complexity index is 995. The van der Waals surface area contributed by atoms with Gasteiger partial charge in [-0.15, -0.1) is 0 Å². The van der Waals surface area contributed by atoms with E-state index in [1.54, 1.807) is 24.3 Å². The van der Waals surface area contributed by atoms with E-state index in [2.05, 4.69) is 10.3 Å². The first-order chi connectivity index (χ1) is 15.0. The van der Waals surface area contributed by atoms with Crippen molar-refractivity contribution in [3.63, 3.8) is 0 Å². The van der Waals surface area contributed by atoms with E-state index in [9.17, 15) is 14.3 Å². The number of aliphatic hydroxyl groups excluding tert-OH is 1. The fourth-order valence-electron chi connectivity index (χ4n) is 2.94. The van der Waals surface area contributed by atoms with Crippen LogP contribution in [0.2, 0.25) is 0 Å². The zero-order chi connectivity index (χ0) is 22.2. The smallest absolute Gasteiger partial charge is 0.412 e. The van der Waals surface area contributed by atoms with Crippen LogP contribution >= 0.6 is 0 Å². The van der Waals surface area contributed by atoms with Gasteiger partial charge >= 0.3 is 6.09 Å². The van der Waals surface area contributed by atoms with Crippen LogP contribution < -0.4 is 5.32 Å². The topological polar surface area (TPSA) is 89.9 Å². The van der Waals surface area contributed by atoms with E-state index < -0.39 is 18.5 Å². The number of aliphatic hydroxyl groups is 1. The lowest BCUT2D eigenvalue weighted by Gasteiger charge is -2.22. The van der Waals surface area contributed by atoms with Gasteiger partial charge < -0.3 is 19.3 Å². The molecule has 0 bridgehead atoms. The van der Waals surface area contributed by atoms with Gasteiger partial charge in [0, 0.05) is 19.8 Å². The summed E-state index contributed by atoms with van der Waals surface area (Å²) in [6, 6.07) is 18.2. The van der Waals surface area contributed by atoms with Gasteiger partial charge in [0.2, 0.25) is 0 Å². The molecule has 0 aliphatic rings. The maximum Gasteiger partial charge on any atom is 0.412 e. The first kappa shape index (κ1) is 22.4. The molecule has 3 aromatic rings. The number of amides is 1. The number of benzene rings is 2. The van der Waals surface area contributed by atoms with Crippen LogP contribution in [0.3, 0.4) is 0 Å². The van der Waals surface area contributed by atoms with Crippen LogP contribution in [0.4, 0.5) is 14.9 Å². The highest BCUT2D eigenvalue weighted by molar-refractivity contribution is 5.85. The molecule has 0 aliphatic carbocycles. The molecule has 2 aromatic carbocycles. The van der Waals surface area contributed by atoms with Crippen molar-refractivity contribution in [1.29, 1.82) is 0 Å². The maximum absolute atomic E-state index is 13.3. The van der Waals surface area contributed by atoms with Crippen molar-refractivity contribution in [2.24, 2.45) is 0 Å². The van der Waals surface area contributed by atoms with Crippen LogP contribution in [0.15, 0.2) is 66.7 Å². The number of hydrogen-bond acceptors (Lipinski definition) is 6. The number of anilines is 1. The van der Waals surface area contributed by atoms with Crippen molar-refractivity contribution < 1.29 is 28.5 Å². The summed E-state index contributed by atoms with van der Waals surface area (Å²) in [5.41, 5.74) is 2.30. The monoisotopic (exact) mass is 426 g/mol. The number of aromatic nitrogens is 1. The molecule has 7 nitrogen and oxygen atoms in total. The Kier molecular flexibility index (Phi) is 7.66. The molecule has 0 saturated carbocycles. The number of carbonyl (C=O) groups excluding carboxylic acids is 1. The van der Waals surface area contributed by atoms with Gasteiger partial charge in [0.05, 0.1) is 17.1 Å². The molecule has 1 heterocycles. The summed E-state index contributed by atoms with van der Waals surface area (Å²) in [5.74, 6) is -0.373. The molecule has 1 unspecified atom stereocenters. The van der Waals surface area contributed by atoms with E-state index in [0.29, 0.717) is 11.3 Å². The van der Waals surface area contributed by atoms with E-state index in [1.165, 1.54) is 26.4 Å². The van der Waals surface area contributed by atoms with Gasteiger partial charge in [-0.25, -0.2) is 14.2 Å². The van der Waals surface area contributed by atoms with Crippen molar-refractivity contribution in [3.05, 3.63) is 83.8 Å². The molecule has 0 radical (unpaired) electrons. The second kappa shape index (κ2) is 10.6. The SMILES string of the molecule is COC(OC)C(O)c1nc(-c2ccc(F)cc2)ccc1NC(=O)OCc1ccccc1. The molecular weight excluding hydrogens is 403 g/mol. The van der Waals surface area contributed by atoms with Crippen LogP contribution in [-0.4, -0.2) is 36.7 Å². The standard InChI is InChI=1S/C23H23FN2O5/c1-29-22(30-2)21(27)20-19(26-23(28)31-14-15-6-4-3-5-7-15)13-12-18(25-20)16-8-10-17(24)11-9-16/h3-13,21-22,27H,14H2,1-2H3,(H,26,28). The molecule has 0 saturated heterocycles. The number of pyridine rings is 1. The molecule has 0 aliphatic heterocycles. The Morgan fingerprint density at radius 3 is 2.35 bits per heavy atom. The van der Waals surface area contributed by atoms with Crippen LogP contribution in [0.25, 0.3) is 11.3 Å². The van der Waals surface area contributed by atoms with Crippen molar-refractivity contribution in [3.8, 4) is 11.3 Å². The Hall–Kier alpha value is -3.33. The fraction of sp³-hybridized carbons (Fsp3) is 0.217. The average molecular weight is 426 g/mol. The highest BCUT2D eigenvalue weighted by atomic mass is 19.1. The number of nitrogens with one attached hydrogen (secondary N) is 1. The second-order valence-corrected chi connectivity index (χ2v) is 6.61. The van der Waals surface area contributed by atoms with E-state index in [-0.39, 0.29) is 23.8 Å². The zero-order valence-electron chi connectivity index (χ0n) is 17.1. The summed E-state index contributed by atoms with van der Waals surface area (Å²) in [7, 11) is 2.75. The fourth-order valence-corrected chi connectivity index (χ4v) is 2.94. The molecule has 3 rings (SSSR count). The van der Waals surface area contributed by atoms with Crippen LogP contribution in [0, 0.1) is 5.82 Å². The van der Waals surface area contributed by atoms with Crippen molar-refractivity contribution in [2.45, 2.75) is 19.0 Å². The lowest BCUT2D eigenvalue weighted by atomic mass is 10.1. The van der Waals surface area contributed by atoms with Crippen molar-refractivity contribution in [1.82, 2.24) is 4.98 Å². The van der Waals surface area contributed by atoms with Crippen LogP contribution in [0.1, 0.15) is 17.4 Å². The summed E-state index contributed by atoms with van der Waals surface area (Å²) >= 11 is 0. The third-order valence-electron chi connectivity index (χ3n) is 4.52. The molecule has 1 aromatic heterocycles. The molecule has 0 spiro atoms. The van der Waals surface area contributed by atoms with Gasteiger partial charge in [-0.3, -0.25) is 5.32 Å². The Labute approximate surface area is 179 Å². The summed E-state index contributed by atoms with van der Waals surface area (Å²) in [6.45, 7) is 0.0877. The summed E-state index contributed by atoms with van der Waals surface area (Å²) in [5, 5.41) is 13.3. The van der Waals surface area contributed by atoms with Gasteiger partial charge in [0.25, 0.3) is 0 Å². The molecule has 162 valence electrons. The zero-order valence-corrected chi connectivity index (χ0v) is 17.1. The lowest BCUT2D eigenvalue weighted by Crippen LogP contribution is -2.25.